The molecule has 1 unspecified atom stereocenters. The fourth-order valence-corrected chi connectivity index (χ4v) is 5.48. The number of allylic oxidation sites excluding steroid dienone is 1. The average Bonchev–Trinajstić information content (AvgIpc) is 2.83. The molecular formula is C25H23ClF3NO5S. The Morgan fingerprint density at radius 3 is 2.39 bits per heavy atom. The van der Waals surface area contributed by atoms with Crippen LogP contribution in [0.1, 0.15) is 30.9 Å². The van der Waals surface area contributed by atoms with Crippen LogP contribution in [0.5, 0.6) is 0 Å². The second-order valence-electron chi connectivity index (χ2n) is 7.75. The molecule has 0 bridgehead atoms. The standard InChI is InChI=1S/C25H23ClF3NO5S/c1-4-35-24(32)22-18(13-36(33)19-12-8-7-11-17(19)26)30-14(2)20(23(31)34-3)21(22)15-9-5-6-10-16(15)25(27,28)29/h5-13,21-22,30H,4H2,1-3H3/b18-13-/t21-,22-,36?/m1/s1. The lowest BCUT2D eigenvalue weighted by atomic mass is 9.74. The topological polar surface area (TPSA) is 81.7 Å². The SMILES string of the molecule is CCOC(=O)[C@@H]1/C(=C/S(=O)c2ccccc2Cl)NC(C)=C(C(=O)OC)[C@H]1c1ccccc1C(F)(F)F. The van der Waals surface area contributed by atoms with E-state index in [9.17, 15) is 27.0 Å². The lowest BCUT2D eigenvalue weighted by Gasteiger charge is -2.36. The van der Waals surface area contributed by atoms with Crippen molar-refractivity contribution in [3.63, 3.8) is 0 Å². The van der Waals surface area contributed by atoms with E-state index in [1.165, 1.54) is 42.7 Å². The first-order valence-corrected chi connectivity index (χ1v) is 12.4. The number of alkyl halides is 3. The van der Waals surface area contributed by atoms with Crippen molar-refractivity contribution in [2.75, 3.05) is 13.7 Å². The van der Waals surface area contributed by atoms with Gasteiger partial charge >= 0.3 is 18.1 Å². The van der Waals surface area contributed by atoms with Gasteiger partial charge in [0.05, 0.1) is 45.6 Å². The molecule has 1 aliphatic heterocycles. The van der Waals surface area contributed by atoms with Gasteiger partial charge in [-0.15, -0.1) is 0 Å². The molecule has 11 heteroatoms. The van der Waals surface area contributed by atoms with E-state index in [1.54, 1.807) is 19.1 Å². The van der Waals surface area contributed by atoms with Crippen molar-refractivity contribution in [3.8, 4) is 0 Å². The third-order valence-electron chi connectivity index (χ3n) is 5.55. The number of nitrogens with one attached hydrogen (secondary N) is 1. The third-order valence-corrected chi connectivity index (χ3v) is 7.25. The number of benzene rings is 2. The van der Waals surface area contributed by atoms with E-state index >= 15 is 0 Å². The van der Waals surface area contributed by atoms with Crippen molar-refractivity contribution >= 4 is 34.3 Å². The molecular weight excluding hydrogens is 519 g/mol. The number of hydrogen-bond donors (Lipinski definition) is 1. The Morgan fingerprint density at radius 2 is 1.78 bits per heavy atom. The molecule has 0 radical (unpaired) electrons. The predicted octanol–water partition coefficient (Wildman–Crippen LogP) is 5.32. The minimum absolute atomic E-state index is 0.0128. The molecule has 0 saturated carbocycles. The summed E-state index contributed by atoms with van der Waals surface area (Å²) in [7, 11) is -0.802. The maximum atomic E-state index is 14.0. The molecule has 0 aromatic heterocycles. The molecule has 2 aromatic rings. The van der Waals surface area contributed by atoms with Crippen LogP contribution in [-0.2, 0) is 36.0 Å². The highest BCUT2D eigenvalue weighted by Crippen LogP contribution is 2.46. The zero-order valence-corrected chi connectivity index (χ0v) is 21.1. The summed E-state index contributed by atoms with van der Waals surface area (Å²) in [4.78, 5) is 26.2. The van der Waals surface area contributed by atoms with Crippen LogP contribution >= 0.6 is 11.6 Å². The van der Waals surface area contributed by atoms with E-state index < -0.39 is 46.3 Å². The number of carbonyl (C=O) groups excluding carboxylic acids is 2. The van der Waals surface area contributed by atoms with Gasteiger partial charge in [-0.1, -0.05) is 41.9 Å². The molecule has 2 aromatic carbocycles. The molecule has 0 fully saturated rings. The second kappa shape index (κ2) is 11.3. The maximum absolute atomic E-state index is 14.0. The molecule has 1 aliphatic rings. The summed E-state index contributed by atoms with van der Waals surface area (Å²) in [6.07, 6.45) is -4.78. The van der Waals surface area contributed by atoms with Gasteiger partial charge in [0.25, 0.3) is 0 Å². The lowest BCUT2D eigenvalue weighted by molar-refractivity contribution is -0.148. The van der Waals surface area contributed by atoms with E-state index in [1.807, 2.05) is 0 Å². The van der Waals surface area contributed by atoms with Crippen molar-refractivity contribution in [1.29, 1.82) is 0 Å². The van der Waals surface area contributed by atoms with Gasteiger partial charge < -0.3 is 14.8 Å². The van der Waals surface area contributed by atoms with Crippen LogP contribution in [0.4, 0.5) is 13.2 Å². The van der Waals surface area contributed by atoms with Gasteiger partial charge in [0.15, 0.2) is 0 Å². The van der Waals surface area contributed by atoms with E-state index in [0.717, 1.165) is 13.2 Å². The summed E-state index contributed by atoms with van der Waals surface area (Å²) in [5, 5.41) is 4.27. The second-order valence-corrected chi connectivity index (χ2v) is 9.43. The number of rotatable bonds is 6. The molecule has 0 amide bonds. The molecule has 3 atom stereocenters. The first-order valence-electron chi connectivity index (χ1n) is 10.8. The Hall–Kier alpha value is -3.11. The van der Waals surface area contributed by atoms with Crippen molar-refractivity contribution in [1.82, 2.24) is 5.32 Å². The fraction of sp³-hybridized carbons (Fsp3) is 0.280. The average molecular weight is 542 g/mol. The van der Waals surface area contributed by atoms with Crippen LogP contribution in [-0.4, -0.2) is 29.9 Å². The van der Waals surface area contributed by atoms with Crippen molar-refractivity contribution < 1.29 is 36.4 Å². The number of carbonyl (C=O) groups is 2. The molecule has 0 aliphatic carbocycles. The molecule has 192 valence electrons. The van der Waals surface area contributed by atoms with Crippen LogP contribution in [0.2, 0.25) is 5.02 Å². The molecule has 6 nitrogen and oxygen atoms in total. The van der Waals surface area contributed by atoms with E-state index in [2.05, 4.69) is 5.32 Å². The summed E-state index contributed by atoms with van der Waals surface area (Å²) in [6, 6.07) is 11.0. The normalized spacial score (nSPS) is 20.0. The largest absolute Gasteiger partial charge is 0.466 e. The van der Waals surface area contributed by atoms with Crippen LogP contribution in [0.3, 0.4) is 0 Å². The summed E-state index contributed by atoms with van der Waals surface area (Å²) >= 11 is 6.16. The third kappa shape index (κ3) is 5.65. The van der Waals surface area contributed by atoms with E-state index in [0.29, 0.717) is 0 Å². The van der Waals surface area contributed by atoms with Crippen molar-refractivity contribution in [3.05, 3.63) is 87.1 Å². The van der Waals surface area contributed by atoms with Gasteiger partial charge in [0, 0.05) is 22.7 Å². The van der Waals surface area contributed by atoms with Crippen LogP contribution in [0, 0.1) is 5.92 Å². The van der Waals surface area contributed by atoms with Crippen LogP contribution in [0.15, 0.2) is 75.8 Å². The number of esters is 2. The summed E-state index contributed by atoms with van der Waals surface area (Å²) in [5.41, 5.74) is -1.36. The van der Waals surface area contributed by atoms with Gasteiger partial charge in [0.2, 0.25) is 0 Å². The molecule has 36 heavy (non-hydrogen) atoms. The molecule has 1 heterocycles. The van der Waals surface area contributed by atoms with Crippen molar-refractivity contribution in [2.24, 2.45) is 5.92 Å². The van der Waals surface area contributed by atoms with Crippen molar-refractivity contribution in [2.45, 2.75) is 30.8 Å². The minimum Gasteiger partial charge on any atom is -0.466 e. The maximum Gasteiger partial charge on any atom is 0.416 e. The number of halogens is 4. The highest BCUT2D eigenvalue weighted by molar-refractivity contribution is 7.88. The van der Waals surface area contributed by atoms with Gasteiger partial charge in [-0.05, 0) is 37.6 Å². The van der Waals surface area contributed by atoms with Gasteiger partial charge in [-0.25, -0.2) is 9.00 Å². The van der Waals surface area contributed by atoms with Gasteiger partial charge in [-0.2, -0.15) is 13.2 Å². The van der Waals surface area contributed by atoms with Gasteiger partial charge in [-0.3, -0.25) is 4.79 Å². The Bertz CT molecular complexity index is 1260. The Balaban J connectivity index is 2.31. The molecule has 0 saturated heterocycles. The monoisotopic (exact) mass is 541 g/mol. The zero-order valence-electron chi connectivity index (χ0n) is 19.5. The molecule has 0 spiro atoms. The first-order chi connectivity index (χ1) is 17.0. The number of ether oxygens (including phenoxy) is 2. The van der Waals surface area contributed by atoms with E-state index in [4.69, 9.17) is 21.1 Å². The first kappa shape index (κ1) is 27.5. The Morgan fingerprint density at radius 1 is 1.14 bits per heavy atom. The van der Waals surface area contributed by atoms with Crippen LogP contribution < -0.4 is 5.32 Å². The predicted molar refractivity (Wildman–Crippen MR) is 128 cm³/mol. The number of hydrogen-bond acceptors (Lipinski definition) is 6. The lowest BCUT2D eigenvalue weighted by Crippen LogP contribution is -2.41. The summed E-state index contributed by atoms with van der Waals surface area (Å²) < 4.78 is 65.3. The fourth-order valence-electron chi connectivity index (χ4n) is 4.08. The number of methoxy groups -OCH3 is 1. The van der Waals surface area contributed by atoms with Gasteiger partial charge in [0.1, 0.15) is 5.92 Å². The Labute approximate surface area is 213 Å². The molecule has 3 rings (SSSR count). The quantitative estimate of drug-likeness (QED) is 0.498. The summed E-state index contributed by atoms with van der Waals surface area (Å²) in [5.74, 6) is -4.71. The van der Waals surface area contributed by atoms with E-state index in [-0.39, 0.29) is 39.1 Å². The highest BCUT2D eigenvalue weighted by Gasteiger charge is 2.47. The highest BCUT2D eigenvalue weighted by atomic mass is 35.5. The molecule has 1 N–H and O–H groups in total. The summed E-state index contributed by atoms with van der Waals surface area (Å²) in [6.45, 7) is 2.93. The zero-order chi connectivity index (χ0) is 26.6. The smallest absolute Gasteiger partial charge is 0.416 e. The minimum atomic E-state index is -4.78. The Kier molecular flexibility index (Phi) is 8.63. The van der Waals surface area contributed by atoms with Crippen LogP contribution in [0.25, 0.3) is 0 Å².